The predicted octanol–water partition coefficient (Wildman–Crippen LogP) is 3.99. The van der Waals surface area contributed by atoms with Crippen LogP contribution in [0.3, 0.4) is 0 Å². The molecule has 0 aliphatic heterocycles. The van der Waals surface area contributed by atoms with Crippen LogP contribution in [-0.2, 0) is 0 Å². The molecule has 72 valence electrons. The zero-order valence-corrected chi connectivity index (χ0v) is 11.8. The number of methoxy groups -OCH3 is 2. The van der Waals surface area contributed by atoms with Crippen molar-refractivity contribution in [2.75, 3.05) is 14.2 Å². The first-order chi connectivity index (χ1) is 6.11. The smallest absolute Gasteiger partial charge is 0.151 e. The molecule has 5 heteroatoms. The zero-order valence-electron chi connectivity index (χ0n) is 7.03. The molecule has 0 aliphatic carbocycles. The van der Waals surface area contributed by atoms with Crippen LogP contribution < -0.4 is 9.47 Å². The molecule has 0 unspecified atom stereocenters. The van der Waals surface area contributed by atoms with Crippen molar-refractivity contribution in [3.8, 4) is 11.5 Å². The van der Waals surface area contributed by atoms with E-state index < -0.39 is 0 Å². The van der Waals surface area contributed by atoms with E-state index in [9.17, 15) is 0 Å². The van der Waals surface area contributed by atoms with E-state index in [0.717, 1.165) is 24.9 Å². The average molecular weight is 375 g/mol. The standard InChI is InChI=1S/C8H7Br3O2/c1-12-7-4(9)3-5(10)8(13-2)6(7)11/h3H,1-2H3. The topological polar surface area (TPSA) is 18.5 Å². The Hall–Kier alpha value is 0.260. The molecule has 1 aromatic carbocycles. The van der Waals surface area contributed by atoms with Gasteiger partial charge in [0.05, 0.1) is 23.2 Å². The average Bonchev–Trinajstić information content (AvgIpc) is 2.04. The maximum Gasteiger partial charge on any atom is 0.151 e. The highest BCUT2D eigenvalue weighted by molar-refractivity contribution is 9.11. The summed E-state index contributed by atoms with van der Waals surface area (Å²) in [5.74, 6) is 1.44. The molecule has 0 bridgehead atoms. The summed E-state index contributed by atoms with van der Waals surface area (Å²) in [6.07, 6.45) is 0. The molecule has 1 aromatic rings. The summed E-state index contributed by atoms with van der Waals surface area (Å²) in [5, 5.41) is 0. The molecule has 0 atom stereocenters. The van der Waals surface area contributed by atoms with Gasteiger partial charge in [-0.3, -0.25) is 0 Å². The largest absolute Gasteiger partial charge is 0.494 e. The second-order valence-electron chi connectivity index (χ2n) is 2.22. The van der Waals surface area contributed by atoms with E-state index in [-0.39, 0.29) is 0 Å². The Balaban J connectivity index is 3.39. The third kappa shape index (κ3) is 2.19. The molecule has 0 saturated heterocycles. The Bertz CT molecular complexity index is 297. The van der Waals surface area contributed by atoms with Gasteiger partial charge in [0.15, 0.2) is 11.5 Å². The Morgan fingerprint density at radius 1 is 0.923 bits per heavy atom. The van der Waals surface area contributed by atoms with Crippen molar-refractivity contribution in [1.29, 1.82) is 0 Å². The highest BCUT2D eigenvalue weighted by Crippen LogP contribution is 2.44. The van der Waals surface area contributed by atoms with Crippen molar-refractivity contribution in [2.24, 2.45) is 0 Å². The fourth-order valence-electron chi connectivity index (χ4n) is 0.929. The molecular formula is C8H7Br3O2. The quantitative estimate of drug-likeness (QED) is 0.779. The summed E-state index contributed by atoms with van der Waals surface area (Å²) in [6.45, 7) is 0. The molecule has 0 aliphatic rings. The van der Waals surface area contributed by atoms with E-state index in [2.05, 4.69) is 47.8 Å². The lowest BCUT2D eigenvalue weighted by Gasteiger charge is -2.11. The van der Waals surface area contributed by atoms with Crippen molar-refractivity contribution in [2.45, 2.75) is 0 Å². The molecule has 13 heavy (non-hydrogen) atoms. The third-order valence-electron chi connectivity index (χ3n) is 1.49. The highest BCUT2D eigenvalue weighted by atomic mass is 79.9. The van der Waals surface area contributed by atoms with Crippen LogP contribution >= 0.6 is 47.8 Å². The third-order valence-corrected chi connectivity index (χ3v) is 3.39. The molecule has 1 rings (SSSR count). The van der Waals surface area contributed by atoms with Crippen LogP contribution in [0.2, 0.25) is 0 Å². The molecule has 0 heterocycles. The molecule has 0 N–H and O–H groups in total. The molecule has 0 spiro atoms. The number of benzene rings is 1. The van der Waals surface area contributed by atoms with Gasteiger partial charge < -0.3 is 9.47 Å². The number of hydrogen-bond acceptors (Lipinski definition) is 2. The second-order valence-corrected chi connectivity index (χ2v) is 4.72. The first-order valence-corrected chi connectivity index (χ1v) is 5.75. The van der Waals surface area contributed by atoms with Gasteiger partial charge in [-0.15, -0.1) is 0 Å². The fraction of sp³-hybridized carbons (Fsp3) is 0.250. The Labute approximate surface area is 102 Å². The monoisotopic (exact) mass is 372 g/mol. The van der Waals surface area contributed by atoms with Gasteiger partial charge in [0.25, 0.3) is 0 Å². The van der Waals surface area contributed by atoms with Gasteiger partial charge >= 0.3 is 0 Å². The molecule has 0 saturated carbocycles. The fourth-order valence-corrected chi connectivity index (χ4v) is 3.70. The van der Waals surface area contributed by atoms with E-state index in [1.54, 1.807) is 14.2 Å². The summed E-state index contributed by atoms with van der Waals surface area (Å²) >= 11 is 10.2. The van der Waals surface area contributed by atoms with Gasteiger partial charge in [0, 0.05) is 0 Å². The van der Waals surface area contributed by atoms with E-state index in [4.69, 9.17) is 9.47 Å². The maximum atomic E-state index is 5.18. The molecular weight excluding hydrogens is 368 g/mol. The van der Waals surface area contributed by atoms with Crippen molar-refractivity contribution < 1.29 is 9.47 Å². The molecule has 0 amide bonds. The summed E-state index contributed by atoms with van der Waals surface area (Å²) in [5.41, 5.74) is 0. The van der Waals surface area contributed by atoms with Crippen LogP contribution in [0.5, 0.6) is 11.5 Å². The van der Waals surface area contributed by atoms with E-state index in [1.807, 2.05) is 6.07 Å². The minimum Gasteiger partial charge on any atom is -0.494 e. The number of hydrogen-bond donors (Lipinski definition) is 0. The van der Waals surface area contributed by atoms with E-state index in [1.165, 1.54) is 0 Å². The second kappa shape index (κ2) is 4.66. The van der Waals surface area contributed by atoms with Crippen molar-refractivity contribution >= 4 is 47.8 Å². The van der Waals surface area contributed by atoms with Crippen molar-refractivity contribution in [3.63, 3.8) is 0 Å². The summed E-state index contributed by atoms with van der Waals surface area (Å²) in [6, 6.07) is 1.88. The normalized spacial score (nSPS) is 9.92. The Morgan fingerprint density at radius 3 is 1.62 bits per heavy atom. The van der Waals surface area contributed by atoms with Gasteiger partial charge in [-0.1, -0.05) is 0 Å². The van der Waals surface area contributed by atoms with Crippen LogP contribution in [0, 0.1) is 0 Å². The first-order valence-electron chi connectivity index (χ1n) is 3.37. The molecule has 0 aromatic heterocycles. The number of halogens is 3. The predicted molar refractivity (Wildman–Crippen MR) is 62.6 cm³/mol. The van der Waals surface area contributed by atoms with Crippen LogP contribution in [-0.4, -0.2) is 14.2 Å². The Morgan fingerprint density at radius 2 is 1.31 bits per heavy atom. The van der Waals surface area contributed by atoms with Crippen LogP contribution in [0.1, 0.15) is 0 Å². The van der Waals surface area contributed by atoms with Gasteiger partial charge in [0.2, 0.25) is 0 Å². The minimum atomic E-state index is 0.722. The summed E-state index contributed by atoms with van der Waals surface area (Å²) in [4.78, 5) is 0. The lowest BCUT2D eigenvalue weighted by molar-refractivity contribution is 0.386. The van der Waals surface area contributed by atoms with Gasteiger partial charge in [-0.2, -0.15) is 0 Å². The lowest BCUT2D eigenvalue weighted by atomic mass is 10.3. The SMILES string of the molecule is COc1c(Br)cc(Br)c(OC)c1Br. The van der Waals surface area contributed by atoms with Crippen LogP contribution in [0.4, 0.5) is 0 Å². The summed E-state index contributed by atoms with van der Waals surface area (Å²) in [7, 11) is 3.22. The highest BCUT2D eigenvalue weighted by Gasteiger charge is 2.14. The number of rotatable bonds is 2. The molecule has 0 fully saturated rings. The Kier molecular flexibility index (Phi) is 4.06. The van der Waals surface area contributed by atoms with Crippen LogP contribution in [0.25, 0.3) is 0 Å². The lowest BCUT2D eigenvalue weighted by Crippen LogP contribution is -1.91. The van der Waals surface area contributed by atoms with Crippen molar-refractivity contribution in [3.05, 3.63) is 19.5 Å². The van der Waals surface area contributed by atoms with Gasteiger partial charge in [-0.25, -0.2) is 0 Å². The van der Waals surface area contributed by atoms with Gasteiger partial charge in [-0.05, 0) is 53.9 Å². The summed E-state index contributed by atoms with van der Waals surface area (Å²) < 4.78 is 12.9. The zero-order chi connectivity index (χ0) is 10.0. The number of ether oxygens (including phenoxy) is 2. The van der Waals surface area contributed by atoms with Gasteiger partial charge in [0.1, 0.15) is 4.47 Å². The minimum absolute atomic E-state index is 0.722. The van der Waals surface area contributed by atoms with Crippen LogP contribution in [0.15, 0.2) is 19.5 Å². The molecule has 0 radical (unpaired) electrons. The molecule has 2 nitrogen and oxygen atoms in total. The maximum absolute atomic E-state index is 5.18. The van der Waals surface area contributed by atoms with Crippen molar-refractivity contribution in [1.82, 2.24) is 0 Å². The van der Waals surface area contributed by atoms with E-state index in [0.29, 0.717) is 0 Å². The first kappa shape index (κ1) is 11.3. The van der Waals surface area contributed by atoms with E-state index >= 15 is 0 Å².